The van der Waals surface area contributed by atoms with E-state index < -0.39 is 12.0 Å². The van der Waals surface area contributed by atoms with Gasteiger partial charge < -0.3 is 15.8 Å². The van der Waals surface area contributed by atoms with E-state index in [0.717, 1.165) is 22.3 Å². The van der Waals surface area contributed by atoms with Gasteiger partial charge in [-0.2, -0.15) is 0 Å². The first-order chi connectivity index (χ1) is 11.6. The highest BCUT2D eigenvalue weighted by Gasteiger charge is 2.39. The Morgan fingerprint density at radius 2 is 1.96 bits per heavy atom. The zero-order valence-corrected chi connectivity index (χ0v) is 13.0. The van der Waals surface area contributed by atoms with Gasteiger partial charge in [-0.15, -0.1) is 0 Å². The number of rotatable bonds is 3. The van der Waals surface area contributed by atoms with Crippen molar-refractivity contribution < 1.29 is 9.90 Å². The second kappa shape index (κ2) is 5.72. The Labute approximate surface area is 138 Å². The Morgan fingerprint density at radius 1 is 1.17 bits per heavy atom. The number of carbonyl (C=O) groups is 1. The molecule has 2 aromatic heterocycles. The smallest absolute Gasteiger partial charge is 0.221 e. The summed E-state index contributed by atoms with van der Waals surface area (Å²) in [6, 6.07) is 11.6. The Morgan fingerprint density at radius 3 is 2.71 bits per heavy atom. The number of hydrogen-bond acceptors (Lipinski definition) is 4. The van der Waals surface area contributed by atoms with Crippen LogP contribution in [0.5, 0.6) is 0 Å². The van der Waals surface area contributed by atoms with Crippen LogP contribution in [-0.2, 0) is 4.79 Å². The summed E-state index contributed by atoms with van der Waals surface area (Å²) in [5.41, 5.74) is 7.97. The van der Waals surface area contributed by atoms with E-state index in [0.29, 0.717) is 18.7 Å². The van der Waals surface area contributed by atoms with Crippen LogP contribution in [0.1, 0.15) is 24.5 Å². The fourth-order valence-corrected chi connectivity index (χ4v) is 3.59. The fourth-order valence-electron chi connectivity index (χ4n) is 3.59. The van der Waals surface area contributed by atoms with Gasteiger partial charge in [0.05, 0.1) is 11.8 Å². The van der Waals surface area contributed by atoms with Gasteiger partial charge in [0.25, 0.3) is 0 Å². The normalized spacial score (nSPS) is 23.6. The minimum atomic E-state index is -0.531. The molecule has 1 saturated carbocycles. The van der Waals surface area contributed by atoms with Crippen molar-refractivity contribution in [2.45, 2.75) is 24.9 Å². The van der Waals surface area contributed by atoms with Crippen LogP contribution in [0.2, 0.25) is 0 Å². The van der Waals surface area contributed by atoms with E-state index in [1.807, 2.05) is 42.6 Å². The van der Waals surface area contributed by atoms with Crippen LogP contribution in [-0.4, -0.2) is 32.1 Å². The number of carbonyl (C=O) groups excluding carboxylic acids is 1. The summed E-state index contributed by atoms with van der Waals surface area (Å²) in [7, 11) is 0. The van der Waals surface area contributed by atoms with Crippen LogP contribution in [0.3, 0.4) is 0 Å². The Hall–Kier alpha value is -2.73. The van der Waals surface area contributed by atoms with Gasteiger partial charge in [0.15, 0.2) is 5.82 Å². The molecule has 0 radical (unpaired) electrons. The highest BCUT2D eigenvalue weighted by atomic mass is 16.3. The lowest BCUT2D eigenvalue weighted by Crippen LogP contribution is -2.26. The van der Waals surface area contributed by atoms with E-state index in [1.54, 1.807) is 0 Å². The highest BCUT2D eigenvalue weighted by Crippen LogP contribution is 2.41. The molecule has 1 amide bonds. The van der Waals surface area contributed by atoms with Crippen LogP contribution < -0.4 is 5.73 Å². The summed E-state index contributed by atoms with van der Waals surface area (Å²) in [5.74, 6) is -0.386. The average Bonchev–Trinajstić information content (AvgIpc) is 3.21. The van der Waals surface area contributed by atoms with Gasteiger partial charge >= 0.3 is 0 Å². The number of aliphatic hydroxyl groups is 1. The number of H-pyrrole nitrogens is 1. The maximum Gasteiger partial charge on any atom is 0.221 e. The molecule has 1 unspecified atom stereocenters. The molecule has 24 heavy (non-hydrogen) atoms. The zero-order chi connectivity index (χ0) is 16.7. The molecule has 3 atom stereocenters. The van der Waals surface area contributed by atoms with Crippen LogP contribution in [0.25, 0.3) is 22.4 Å². The zero-order valence-electron chi connectivity index (χ0n) is 13.0. The third-order valence-electron chi connectivity index (χ3n) is 4.73. The number of fused-ring (bicyclic) bond motifs is 1. The largest absolute Gasteiger partial charge is 0.393 e. The van der Waals surface area contributed by atoms with E-state index in [2.05, 4.69) is 9.97 Å². The van der Waals surface area contributed by atoms with Gasteiger partial charge in [-0.1, -0.05) is 30.3 Å². The lowest BCUT2D eigenvalue weighted by molar-refractivity contribution is -0.122. The second-order valence-corrected chi connectivity index (χ2v) is 6.28. The SMILES string of the molecule is NC(=O)[C@@H]1C[C@@H](O)CC1c1nc(-c2ccccc2)nc2[nH]ccc12. The second-order valence-electron chi connectivity index (χ2n) is 6.28. The van der Waals surface area contributed by atoms with Crippen molar-refractivity contribution in [3.63, 3.8) is 0 Å². The topological polar surface area (TPSA) is 105 Å². The maximum absolute atomic E-state index is 11.8. The summed E-state index contributed by atoms with van der Waals surface area (Å²) < 4.78 is 0. The van der Waals surface area contributed by atoms with Gasteiger partial charge in [0, 0.05) is 29.0 Å². The Kier molecular flexibility index (Phi) is 3.54. The van der Waals surface area contributed by atoms with Gasteiger partial charge in [0.1, 0.15) is 5.65 Å². The Bertz CT molecular complexity index is 890. The summed E-state index contributed by atoms with van der Waals surface area (Å²) in [5, 5.41) is 10.9. The number of benzene rings is 1. The number of aromatic nitrogens is 3. The molecule has 6 nitrogen and oxygen atoms in total. The summed E-state index contributed by atoms with van der Waals surface area (Å²) >= 11 is 0. The first kappa shape index (κ1) is 14.8. The molecule has 4 N–H and O–H groups in total. The third kappa shape index (κ3) is 2.45. The van der Waals surface area contributed by atoms with E-state index in [9.17, 15) is 9.90 Å². The van der Waals surface area contributed by atoms with Gasteiger partial charge in [-0.05, 0) is 18.9 Å². The van der Waals surface area contributed by atoms with Crippen LogP contribution in [0.4, 0.5) is 0 Å². The van der Waals surface area contributed by atoms with Crippen molar-refractivity contribution >= 4 is 16.9 Å². The minimum absolute atomic E-state index is 0.193. The highest BCUT2D eigenvalue weighted by molar-refractivity contribution is 5.83. The van der Waals surface area contributed by atoms with Crippen molar-refractivity contribution in [1.29, 1.82) is 0 Å². The number of primary amides is 1. The molecule has 0 saturated heterocycles. The number of aliphatic hydroxyl groups excluding tert-OH is 1. The lowest BCUT2D eigenvalue weighted by Gasteiger charge is -2.17. The predicted molar refractivity (Wildman–Crippen MR) is 90.0 cm³/mol. The number of aromatic amines is 1. The number of nitrogens with one attached hydrogen (secondary N) is 1. The van der Waals surface area contributed by atoms with Gasteiger partial charge in [-0.3, -0.25) is 4.79 Å². The molecule has 1 aromatic carbocycles. The molecule has 2 heterocycles. The molecule has 122 valence electrons. The fraction of sp³-hybridized carbons (Fsp3) is 0.278. The number of amides is 1. The molecule has 4 rings (SSSR count). The monoisotopic (exact) mass is 322 g/mol. The summed E-state index contributed by atoms with van der Waals surface area (Å²) in [6.45, 7) is 0. The average molecular weight is 322 g/mol. The van der Waals surface area contributed by atoms with E-state index in [-0.39, 0.29) is 11.8 Å². The molecule has 1 fully saturated rings. The van der Waals surface area contributed by atoms with Gasteiger partial charge in [0.2, 0.25) is 5.91 Å². The molecule has 0 aliphatic heterocycles. The molecule has 6 heteroatoms. The molecule has 0 spiro atoms. The molecule has 0 bridgehead atoms. The van der Waals surface area contributed by atoms with Crippen molar-refractivity contribution in [3.8, 4) is 11.4 Å². The van der Waals surface area contributed by atoms with Crippen LogP contribution >= 0.6 is 0 Å². The number of nitrogens with two attached hydrogens (primary N) is 1. The molecule has 1 aliphatic rings. The van der Waals surface area contributed by atoms with Gasteiger partial charge in [-0.25, -0.2) is 9.97 Å². The minimum Gasteiger partial charge on any atom is -0.393 e. The first-order valence-electron chi connectivity index (χ1n) is 8.01. The first-order valence-corrected chi connectivity index (χ1v) is 8.01. The third-order valence-corrected chi connectivity index (χ3v) is 4.73. The predicted octanol–water partition coefficient (Wildman–Crippen LogP) is 1.96. The van der Waals surface area contributed by atoms with Crippen molar-refractivity contribution in [1.82, 2.24) is 15.0 Å². The van der Waals surface area contributed by atoms with E-state index in [1.165, 1.54) is 0 Å². The van der Waals surface area contributed by atoms with Crippen LogP contribution in [0, 0.1) is 5.92 Å². The van der Waals surface area contributed by atoms with Crippen molar-refractivity contribution in [2.24, 2.45) is 11.7 Å². The molecule has 1 aliphatic carbocycles. The number of hydrogen-bond donors (Lipinski definition) is 3. The molecular weight excluding hydrogens is 304 g/mol. The summed E-state index contributed by atoms with van der Waals surface area (Å²) in [6.07, 6.45) is 2.15. The lowest BCUT2D eigenvalue weighted by atomic mass is 9.90. The van der Waals surface area contributed by atoms with E-state index in [4.69, 9.17) is 10.7 Å². The molecule has 3 aromatic rings. The quantitative estimate of drug-likeness (QED) is 0.685. The van der Waals surface area contributed by atoms with Crippen LogP contribution in [0.15, 0.2) is 42.6 Å². The standard InChI is InChI=1S/C18H18N4O2/c19-16(24)14-9-11(23)8-13(14)15-12-6-7-20-18(12)22-17(21-15)10-4-2-1-3-5-10/h1-7,11,13-14,23H,8-9H2,(H2,19,24)(H,20,21,22)/t11-,13?,14+/m0/s1. The van der Waals surface area contributed by atoms with Crippen molar-refractivity contribution in [2.75, 3.05) is 0 Å². The Balaban J connectivity index is 1.88. The number of nitrogens with zero attached hydrogens (tertiary/aromatic N) is 2. The van der Waals surface area contributed by atoms with Crippen molar-refractivity contribution in [3.05, 3.63) is 48.3 Å². The van der Waals surface area contributed by atoms with E-state index >= 15 is 0 Å². The maximum atomic E-state index is 11.8. The molecular formula is C18H18N4O2. The summed E-state index contributed by atoms with van der Waals surface area (Å²) in [4.78, 5) is 24.3.